The van der Waals surface area contributed by atoms with E-state index in [1.165, 1.54) is 5.56 Å². The molecule has 0 spiro atoms. The largest absolute Gasteiger partial charge is 0.493 e. The Hall–Kier alpha value is -2.64. The fraction of sp³-hybridized carbons (Fsp3) is 0.458. The van der Waals surface area contributed by atoms with E-state index < -0.39 is 0 Å². The monoisotopic (exact) mass is 460 g/mol. The van der Waals surface area contributed by atoms with Gasteiger partial charge in [0.05, 0.1) is 18.7 Å². The number of fused-ring (bicyclic) bond motifs is 1. The number of carbonyl (C=O) groups is 1. The Morgan fingerprint density at radius 3 is 2.53 bits per heavy atom. The lowest BCUT2D eigenvalue weighted by atomic mass is 10.1. The van der Waals surface area contributed by atoms with Gasteiger partial charge in [-0.15, -0.1) is 0 Å². The molecule has 0 unspecified atom stereocenters. The lowest BCUT2D eigenvalue weighted by Gasteiger charge is -2.35. The van der Waals surface area contributed by atoms with Crippen LogP contribution in [0.5, 0.6) is 23.0 Å². The average molecular weight is 461 g/mol. The minimum atomic E-state index is -0.0498. The molecule has 2 aromatic rings. The van der Waals surface area contributed by atoms with E-state index in [4.69, 9.17) is 30.5 Å². The molecule has 1 fully saturated rings. The summed E-state index contributed by atoms with van der Waals surface area (Å²) in [7, 11) is 1.55. The Balaban J connectivity index is 1.37. The number of halogens is 1. The molecule has 8 heteroatoms. The smallest absolute Gasteiger partial charge is 0.254 e. The Bertz CT molecular complexity index is 960. The van der Waals surface area contributed by atoms with Gasteiger partial charge in [0.1, 0.15) is 13.2 Å². The first-order valence-electron chi connectivity index (χ1n) is 11.0. The summed E-state index contributed by atoms with van der Waals surface area (Å²) < 4.78 is 22.4. The lowest BCUT2D eigenvalue weighted by Crippen LogP contribution is -2.48. The molecule has 2 aliphatic rings. The zero-order valence-electron chi connectivity index (χ0n) is 18.6. The van der Waals surface area contributed by atoms with Gasteiger partial charge in [-0.3, -0.25) is 9.69 Å². The average Bonchev–Trinajstić information content (AvgIpc) is 2.83. The molecule has 2 aliphatic heterocycles. The van der Waals surface area contributed by atoms with E-state index in [0.717, 1.165) is 37.6 Å². The molecule has 172 valence electrons. The molecule has 1 saturated heterocycles. The van der Waals surface area contributed by atoms with Gasteiger partial charge in [-0.05, 0) is 36.2 Å². The molecule has 1 amide bonds. The van der Waals surface area contributed by atoms with Crippen molar-refractivity contribution in [3.8, 4) is 23.0 Å². The van der Waals surface area contributed by atoms with Crippen molar-refractivity contribution < 1.29 is 23.7 Å². The Morgan fingerprint density at radius 2 is 1.81 bits per heavy atom. The number of rotatable bonds is 7. The highest BCUT2D eigenvalue weighted by Gasteiger charge is 2.25. The normalized spacial score (nSPS) is 16.0. The van der Waals surface area contributed by atoms with Crippen molar-refractivity contribution in [3.05, 3.63) is 46.5 Å². The Kier molecular flexibility index (Phi) is 7.27. The summed E-state index contributed by atoms with van der Waals surface area (Å²) in [5.74, 6) is 2.52. The number of piperazine rings is 1. The summed E-state index contributed by atoms with van der Waals surface area (Å²) in [6.45, 7) is 7.42. The third-order valence-corrected chi connectivity index (χ3v) is 5.88. The highest BCUT2D eigenvalue weighted by Crippen LogP contribution is 2.37. The van der Waals surface area contributed by atoms with Gasteiger partial charge in [0.15, 0.2) is 23.0 Å². The van der Waals surface area contributed by atoms with Crippen LogP contribution in [0, 0.1) is 0 Å². The van der Waals surface area contributed by atoms with Gasteiger partial charge in [-0.25, -0.2) is 0 Å². The summed E-state index contributed by atoms with van der Waals surface area (Å²) in [5, 5.41) is 0.387. The van der Waals surface area contributed by atoms with E-state index in [9.17, 15) is 4.79 Å². The topological polar surface area (TPSA) is 60.5 Å². The number of benzene rings is 2. The predicted octanol–water partition coefficient (Wildman–Crippen LogP) is 3.87. The maximum Gasteiger partial charge on any atom is 0.254 e. The van der Waals surface area contributed by atoms with Gasteiger partial charge in [-0.2, -0.15) is 0 Å². The Morgan fingerprint density at radius 1 is 1.06 bits per heavy atom. The molecule has 2 aromatic carbocycles. The van der Waals surface area contributed by atoms with Crippen molar-refractivity contribution in [2.24, 2.45) is 0 Å². The van der Waals surface area contributed by atoms with E-state index in [1.807, 2.05) is 24.0 Å². The number of nitrogens with zero attached hydrogens (tertiary/aromatic N) is 2. The van der Waals surface area contributed by atoms with E-state index >= 15 is 0 Å². The second-order valence-electron chi connectivity index (χ2n) is 7.88. The van der Waals surface area contributed by atoms with Crippen LogP contribution in [0.2, 0.25) is 5.02 Å². The first kappa shape index (κ1) is 22.6. The maximum absolute atomic E-state index is 13.1. The molecule has 0 saturated carbocycles. The molecule has 2 heterocycles. The summed E-state index contributed by atoms with van der Waals surface area (Å²) in [4.78, 5) is 17.3. The molecule has 0 radical (unpaired) electrons. The fourth-order valence-corrected chi connectivity index (χ4v) is 4.19. The molecule has 0 atom stereocenters. The minimum absolute atomic E-state index is 0.0498. The van der Waals surface area contributed by atoms with Gasteiger partial charge in [0.25, 0.3) is 5.91 Å². The van der Waals surface area contributed by atoms with Crippen molar-refractivity contribution in [3.63, 3.8) is 0 Å². The third kappa shape index (κ3) is 5.05. The summed E-state index contributed by atoms with van der Waals surface area (Å²) in [6, 6.07) is 9.46. The summed E-state index contributed by atoms with van der Waals surface area (Å²) in [5.41, 5.74) is 1.68. The van der Waals surface area contributed by atoms with Crippen LogP contribution < -0.4 is 18.9 Å². The van der Waals surface area contributed by atoms with Crippen LogP contribution in [0.25, 0.3) is 0 Å². The number of carbonyl (C=O) groups excluding carboxylic acids is 1. The zero-order valence-corrected chi connectivity index (χ0v) is 19.3. The second-order valence-corrected chi connectivity index (χ2v) is 8.29. The third-order valence-electron chi connectivity index (χ3n) is 5.60. The molecule has 0 aliphatic carbocycles. The SMILES string of the molecule is CCCOc1c(Cl)cc(C(=O)N2CCN(Cc3ccc4c(c3)OCCO4)CC2)cc1OC. The zero-order chi connectivity index (χ0) is 22.5. The van der Waals surface area contributed by atoms with Crippen molar-refractivity contribution in [2.45, 2.75) is 19.9 Å². The van der Waals surface area contributed by atoms with Gasteiger partial charge < -0.3 is 23.8 Å². The molecule has 0 aromatic heterocycles. The second kappa shape index (κ2) is 10.3. The van der Waals surface area contributed by atoms with E-state index in [0.29, 0.717) is 55.0 Å². The quantitative estimate of drug-likeness (QED) is 0.625. The number of hydrogen-bond donors (Lipinski definition) is 0. The molecule has 0 N–H and O–H groups in total. The van der Waals surface area contributed by atoms with Gasteiger partial charge in [0, 0.05) is 38.3 Å². The fourth-order valence-electron chi connectivity index (χ4n) is 3.92. The number of methoxy groups -OCH3 is 1. The predicted molar refractivity (Wildman–Crippen MR) is 122 cm³/mol. The van der Waals surface area contributed by atoms with Crippen molar-refractivity contribution in [1.29, 1.82) is 0 Å². The number of ether oxygens (including phenoxy) is 4. The van der Waals surface area contributed by atoms with Gasteiger partial charge in [0.2, 0.25) is 0 Å². The highest BCUT2D eigenvalue weighted by molar-refractivity contribution is 6.32. The first-order chi connectivity index (χ1) is 15.6. The maximum atomic E-state index is 13.1. The molecule has 7 nitrogen and oxygen atoms in total. The molecule has 32 heavy (non-hydrogen) atoms. The highest BCUT2D eigenvalue weighted by atomic mass is 35.5. The Labute approximate surface area is 193 Å². The number of amides is 1. The standard InChI is InChI=1S/C24H29ClN2O5/c1-3-10-32-23-19(25)14-18(15-22(23)29-2)24(28)27-8-6-26(7-9-27)16-17-4-5-20-21(13-17)31-12-11-30-20/h4-5,13-15H,3,6-12,16H2,1-2H3. The number of hydrogen-bond acceptors (Lipinski definition) is 6. The van der Waals surface area contributed by atoms with Crippen molar-refractivity contribution in [1.82, 2.24) is 9.80 Å². The van der Waals surface area contributed by atoms with Crippen LogP contribution in [-0.4, -0.2) is 68.8 Å². The van der Waals surface area contributed by atoms with E-state index in [-0.39, 0.29) is 5.91 Å². The van der Waals surface area contributed by atoms with Crippen molar-refractivity contribution >= 4 is 17.5 Å². The van der Waals surface area contributed by atoms with Crippen LogP contribution in [0.3, 0.4) is 0 Å². The molecular formula is C24H29ClN2O5. The molecule has 0 bridgehead atoms. The van der Waals surface area contributed by atoms with E-state index in [2.05, 4.69) is 11.0 Å². The lowest BCUT2D eigenvalue weighted by molar-refractivity contribution is 0.0628. The van der Waals surface area contributed by atoms with Crippen LogP contribution in [0.15, 0.2) is 30.3 Å². The van der Waals surface area contributed by atoms with Gasteiger partial charge in [-0.1, -0.05) is 24.6 Å². The van der Waals surface area contributed by atoms with Gasteiger partial charge >= 0.3 is 0 Å². The molecular weight excluding hydrogens is 432 g/mol. The van der Waals surface area contributed by atoms with Crippen LogP contribution >= 0.6 is 11.6 Å². The van der Waals surface area contributed by atoms with E-state index in [1.54, 1.807) is 19.2 Å². The van der Waals surface area contributed by atoms with Crippen molar-refractivity contribution in [2.75, 3.05) is 53.1 Å². The van der Waals surface area contributed by atoms with Crippen LogP contribution in [-0.2, 0) is 6.54 Å². The first-order valence-corrected chi connectivity index (χ1v) is 11.4. The summed E-state index contributed by atoms with van der Waals surface area (Å²) in [6.07, 6.45) is 0.858. The molecule has 4 rings (SSSR count). The van der Waals surface area contributed by atoms with Crippen LogP contribution in [0.4, 0.5) is 0 Å². The summed E-state index contributed by atoms with van der Waals surface area (Å²) >= 11 is 6.39. The minimum Gasteiger partial charge on any atom is -0.493 e. The van der Waals surface area contributed by atoms with Crippen LogP contribution in [0.1, 0.15) is 29.3 Å².